The van der Waals surface area contributed by atoms with Crippen LogP contribution in [-0.4, -0.2) is 25.3 Å². The molecule has 0 heterocycles. The van der Waals surface area contributed by atoms with Gasteiger partial charge >= 0.3 is 5.97 Å². The predicted octanol–water partition coefficient (Wildman–Crippen LogP) is 3.80. The molecular weight excluding hydrogens is 294 g/mol. The zero-order valence-electron chi connectivity index (χ0n) is 11.5. The number of aromatic carboxylic acids is 1. The number of ether oxygens (including phenoxy) is 2. The third-order valence-electron chi connectivity index (χ3n) is 2.84. The molecule has 0 amide bonds. The highest BCUT2D eigenvalue weighted by atomic mass is 35.5. The summed E-state index contributed by atoms with van der Waals surface area (Å²) in [5, 5.41) is 12.6. The molecule has 0 aliphatic carbocycles. The number of nitrogens with one attached hydrogen (secondary N) is 1. The maximum absolute atomic E-state index is 11.3. The summed E-state index contributed by atoms with van der Waals surface area (Å²) in [5.41, 5.74) is 1.17. The van der Waals surface area contributed by atoms with Crippen molar-refractivity contribution in [2.24, 2.45) is 0 Å². The van der Waals surface area contributed by atoms with Gasteiger partial charge in [-0.05, 0) is 18.2 Å². The smallest absolute Gasteiger partial charge is 0.337 e. The molecule has 110 valence electrons. The van der Waals surface area contributed by atoms with Crippen LogP contribution in [0.5, 0.6) is 11.5 Å². The fraction of sp³-hybridized carbons (Fsp3) is 0.133. The van der Waals surface area contributed by atoms with Crippen molar-refractivity contribution >= 4 is 28.9 Å². The summed E-state index contributed by atoms with van der Waals surface area (Å²) in [6.07, 6.45) is 0. The Balaban J connectivity index is 2.40. The molecule has 0 aromatic heterocycles. The van der Waals surface area contributed by atoms with Crippen LogP contribution in [-0.2, 0) is 0 Å². The highest BCUT2D eigenvalue weighted by Gasteiger charge is 2.12. The number of hydrogen-bond donors (Lipinski definition) is 2. The molecule has 0 bridgehead atoms. The van der Waals surface area contributed by atoms with Crippen LogP contribution in [0.3, 0.4) is 0 Å². The van der Waals surface area contributed by atoms with Crippen LogP contribution < -0.4 is 14.8 Å². The van der Waals surface area contributed by atoms with Crippen molar-refractivity contribution < 1.29 is 19.4 Å². The molecule has 2 rings (SSSR count). The molecule has 0 unspecified atom stereocenters. The van der Waals surface area contributed by atoms with Crippen molar-refractivity contribution in [3.05, 3.63) is 47.0 Å². The van der Waals surface area contributed by atoms with Crippen LogP contribution in [0.15, 0.2) is 36.4 Å². The van der Waals surface area contributed by atoms with E-state index in [1.165, 1.54) is 6.07 Å². The number of anilines is 2. The second-order valence-corrected chi connectivity index (χ2v) is 4.66. The van der Waals surface area contributed by atoms with Crippen molar-refractivity contribution in [3.8, 4) is 11.5 Å². The summed E-state index contributed by atoms with van der Waals surface area (Å²) >= 11 is 5.83. The van der Waals surface area contributed by atoms with E-state index in [9.17, 15) is 9.90 Å². The van der Waals surface area contributed by atoms with E-state index in [2.05, 4.69) is 5.32 Å². The van der Waals surface area contributed by atoms with Crippen molar-refractivity contribution in [3.63, 3.8) is 0 Å². The zero-order chi connectivity index (χ0) is 15.4. The summed E-state index contributed by atoms with van der Waals surface area (Å²) < 4.78 is 10.3. The first kappa shape index (κ1) is 15.0. The second-order valence-electron chi connectivity index (χ2n) is 4.22. The number of methoxy groups -OCH3 is 2. The van der Waals surface area contributed by atoms with Crippen LogP contribution in [0.1, 0.15) is 10.4 Å². The lowest BCUT2D eigenvalue weighted by atomic mass is 10.1. The second kappa shape index (κ2) is 6.37. The van der Waals surface area contributed by atoms with Crippen molar-refractivity contribution in [1.29, 1.82) is 0 Å². The van der Waals surface area contributed by atoms with Crippen LogP contribution in [0.2, 0.25) is 5.02 Å². The SMILES string of the molecule is COc1cc(Nc2ccc(Cl)cc2C(=O)O)cc(OC)c1. The van der Waals surface area contributed by atoms with Gasteiger partial charge in [0.2, 0.25) is 0 Å². The van der Waals surface area contributed by atoms with Crippen molar-refractivity contribution in [1.82, 2.24) is 0 Å². The van der Waals surface area contributed by atoms with Gasteiger partial charge < -0.3 is 19.9 Å². The fourth-order valence-corrected chi connectivity index (χ4v) is 2.01. The molecule has 0 saturated heterocycles. The van der Waals surface area contributed by atoms with E-state index in [1.54, 1.807) is 44.6 Å². The van der Waals surface area contributed by atoms with E-state index in [0.717, 1.165) is 0 Å². The molecular formula is C15H14ClNO4. The van der Waals surface area contributed by atoms with Gasteiger partial charge in [0.1, 0.15) is 11.5 Å². The van der Waals surface area contributed by atoms with Gasteiger partial charge in [0.05, 0.1) is 25.5 Å². The van der Waals surface area contributed by atoms with Crippen molar-refractivity contribution in [2.45, 2.75) is 0 Å². The average molecular weight is 308 g/mol. The van der Waals surface area contributed by atoms with Gasteiger partial charge in [0.15, 0.2) is 0 Å². The third-order valence-corrected chi connectivity index (χ3v) is 3.08. The van der Waals surface area contributed by atoms with Crippen LogP contribution in [0.25, 0.3) is 0 Å². The van der Waals surface area contributed by atoms with Gasteiger partial charge in [-0.2, -0.15) is 0 Å². The largest absolute Gasteiger partial charge is 0.497 e. The van der Waals surface area contributed by atoms with Crippen molar-refractivity contribution in [2.75, 3.05) is 19.5 Å². The number of benzene rings is 2. The van der Waals surface area contributed by atoms with E-state index in [0.29, 0.717) is 27.9 Å². The van der Waals surface area contributed by atoms with Gasteiger partial charge in [0, 0.05) is 28.9 Å². The van der Waals surface area contributed by atoms with Gasteiger partial charge in [-0.25, -0.2) is 4.79 Å². The molecule has 0 atom stereocenters. The standard InChI is InChI=1S/C15H14ClNO4/c1-20-11-6-10(7-12(8-11)21-2)17-14-4-3-9(16)5-13(14)15(18)19/h3-8,17H,1-2H3,(H,18,19). The molecule has 5 nitrogen and oxygen atoms in total. The normalized spacial score (nSPS) is 10.0. The predicted molar refractivity (Wildman–Crippen MR) is 81.2 cm³/mol. The van der Waals surface area contributed by atoms with Crippen LogP contribution in [0.4, 0.5) is 11.4 Å². The molecule has 0 aliphatic heterocycles. The lowest BCUT2D eigenvalue weighted by Gasteiger charge is -2.12. The first-order valence-electron chi connectivity index (χ1n) is 6.06. The minimum absolute atomic E-state index is 0.0873. The number of rotatable bonds is 5. The Bertz CT molecular complexity index is 650. The van der Waals surface area contributed by atoms with Gasteiger partial charge in [-0.15, -0.1) is 0 Å². The minimum atomic E-state index is -1.06. The van der Waals surface area contributed by atoms with E-state index in [4.69, 9.17) is 21.1 Å². The maximum atomic E-state index is 11.3. The molecule has 0 spiro atoms. The molecule has 0 aliphatic rings. The van der Waals surface area contributed by atoms with E-state index >= 15 is 0 Å². The first-order valence-corrected chi connectivity index (χ1v) is 6.44. The van der Waals surface area contributed by atoms with E-state index in [-0.39, 0.29) is 5.56 Å². The van der Waals surface area contributed by atoms with Gasteiger partial charge in [-0.1, -0.05) is 11.6 Å². The number of halogens is 1. The Morgan fingerprint density at radius 1 is 1.10 bits per heavy atom. The molecule has 2 aromatic carbocycles. The van der Waals surface area contributed by atoms with Crippen LogP contribution >= 0.6 is 11.6 Å². The summed E-state index contributed by atoms with van der Waals surface area (Å²) in [7, 11) is 3.09. The number of carboxylic acids is 1. The average Bonchev–Trinajstić information content (AvgIpc) is 2.48. The Kier molecular flexibility index (Phi) is 4.55. The summed E-state index contributed by atoms with van der Waals surface area (Å²) in [6.45, 7) is 0. The Labute approximate surface area is 127 Å². The molecule has 2 aromatic rings. The Morgan fingerprint density at radius 3 is 2.24 bits per heavy atom. The first-order chi connectivity index (χ1) is 10.0. The molecule has 0 radical (unpaired) electrons. The zero-order valence-corrected chi connectivity index (χ0v) is 12.3. The topological polar surface area (TPSA) is 67.8 Å². The fourth-order valence-electron chi connectivity index (χ4n) is 1.84. The van der Waals surface area contributed by atoms with Crippen LogP contribution in [0, 0.1) is 0 Å². The molecule has 21 heavy (non-hydrogen) atoms. The summed E-state index contributed by atoms with van der Waals surface area (Å²) in [5.74, 6) is 0.139. The highest BCUT2D eigenvalue weighted by Crippen LogP contribution is 2.30. The quantitative estimate of drug-likeness (QED) is 0.879. The molecule has 2 N–H and O–H groups in total. The van der Waals surface area contributed by atoms with E-state index < -0.39 is 5.97 Å². The van der Waals surface area contributed by atoms with E-state index in [1.807, 2.05) is 0 Å². The summed E-state index contributed by atoms with van der Waals surface area (Å²) in [6, 6.07) is 9.83. The third kappa shape index (κ3) is 3.58. The summed E-state index contributed by atoms with van der Waals surface area (Å²) in [4.78, 5) is 11.3. The Hall–Kier alpha value is -2.40. The lowest BCUT2D eigenvalue weighted by molar-refractivity contribution is 0.0698. The maximum Gasteiger partial charge on any atom is 0.337 e. The highest BCUT2D eigenvalue weighted by molar-refractivity contribution is 6.31. The molecule has 0 saturated carbocycles. The lowest BCUT2D eigenvalue weighted by Crippen LogP contribution is -2.03. The van der Waals surface area contributed by atoms with Gasteiger partial charge in [-0.3, -0.25) is 0 Å². The van der Waals surface area contributed by atoms with Gasteiger partial charge in [0.25, 0.3) is 0 Å². The number of carboxylic acid groups (broad SMARTS) is 1. The Morgan fingerprint density at radius 2 is 1.71 bits per heavy atom. The molecule has 6 heteroatoms. The number of hydrogen-bond acceptors (Lipinski definition) is 4. The minimum Gasteiger partial charge on any atom is -0.497 e. The number of carbonyl (C=O) groups is 1. The monoisotopic (exact) mass is 307 g/mol. The molecule has 0 fully saturated rings.